The monoisotopic (exact) mass is 420 g/mol. The Bertz CT molecular complexity index is 952. The normalized spacial score (nSPS) is 18.4. The van der Waals surface area contributed by atoms with Gasteiger partial charge in [-0.2, -0.15) is 0 Å². The van der Waals surface area contributed by atoms with Crippen molar-refractivity contribution in [3.05, 3.63) is 64.2 Å². The number of halogens is 1. The van der Waals surface area contributed by atoms with E-state index in [1.165, 1.54) is 6.26 Å². The van der Waals surface area contributed by atoms with Gasteiger partial charge in [-0.1, -0.05) is 41.9 Å². The van der Waals surface area contributed by atoms with Crippen LogP contribution >= 0.6 is 11.6 Å². The Balaban J connectivity index is 2.00. The summed E-state index contributed by atoms with van der Waals surface area (Å²) in [6, 6.07) is 13.4. The van der Waals surface area contributed by atoms with Gasteiger partial charge in [0.05, 0.1) is 17.0 Å². The van der Waals surface area contributed by atoms with Crippen molar-refractivity contribution in [2.75, 3.05) is 6.26 Å². The Morgan fingerprint density at radius 1 is 0.929 bits per heavy atom. The van der Waals surface area contributed by atoms with E-state index in [9.17, 15) is 8.42 Å². The van der Waals surface area contributed by atoms with Crippen LogP contribution in [-0.4, -0.2) is 33.0 Å². The van der Waals surface area contributed by atoms with Crippen LogP contribution in [0.4, 0.5) is 0 Å². The van der Waals surface area contributed by atoms with Gasteiger partial charge in [0.1, 0.15) is 0 Å². The van der Waals surface area contributed by atoms with E-state index >= 15 is 0 Å². The third kappa shape index (κ3) is 4.80. The minimum Gasteiger partial charge on any atom is -0.399 e. The third-order valence-electron chi connectivity index (χ3n) is 5.45. The standard InChI is InChI=1S/C21H26BClO4S/c1-20(2)21(3,4)27-22(26-20)19-13-16(14-28(5,24)25)6-9-17(19)12-15-7-10-18(23)11-8-15/h6-11,13H,12,14H2,1-5H3. The van der Waals surface area contributed by atoms with Crippen LogP contribution in [-0.2, 0) is 31.3 Å². The Labute approximate surface area is 173 Å². The van der Waals surface area contributed by atoms with Crippen molar-refractivity contribution in [3.63, 3.8) is 0 Å². The maximum atomic E-state index is 11.8. The molecule has 1 heterocycles. The molecular formula is C21H26BClO4S. The lowest BCUT2D eigenvalue weighted by molar-refractivity contribution is 0.00578. The van der Waals surface area contributed by atoms with Crippen LogP contribution in [0.25, 0.3) is 0 Å². The zero-order valence-corrected chi connectivity index (χ0v) is 18.5. The van der Waals surface area contributed by atoms with E-state index in [2.05, 4.69) is 0 Å². The molecule has 0 N–H and O–H groups in total. The molecule has 150 valence electrons. The fourth-order valence-corrected chi connectivity index (χ4v) is 4.12. The molecule has 28 heavy (non-hydrogen) atoms. The molecule has 2 aromatic rings. The van der Waals surface area contributed by atoms with Crippen molar-refractivity contribution in [2.45, 2.75) is 51.1 Å². The van der Waals surface area contributed by atoms with Crippen molar-refractivity contribution in [2.24, 2.45) is 0 Å². The molecule has 0 unspecified atom stereocenters. The van der Waals surface area contributed by atoms with Crippen LogP contribution < -0.4 is 5.46 Å². The van der Waals surface area contributed by atoms with Gasteiger partial charge in [-0.05, 0) is 68.4 Å². The van der Waals surface area contributed by atoms with Crippen LogP contribution in [0.5, 0.6) is 0 Å². The van der Waals surface area contributed by atoms with Gasteiger partial charge in [0.15, 0.2) is 9.84 Å². The zero-order valence-electron chi connectivity index (χ0n) is 17.0. The molecule has 7 heteroatoms. The van der Waals surface area contributed by atoms with Gasteiger partial charge >= 0.3 is 7.12 Å². The van der Waals surface area contributed by atoms with Gasteiger partial charge in [-0.25, -0.2) is 8.42 Å². The zero-order chi connectivity index (χ0) is 20.7. The van der Waals surface area contributed by atoms with Gasteiger partial charge in [-0.15, -0.1) is 0 Å². The topological polar surface area (TPSA) is 52.6 Å². The molecule has 0 atom stereocenters. The van der Waals surface area contributed by atoms with Gasteiger partial charge < -0.3 is 9.31 Å². The number of hydrogen-bond donors (Lipinski definition) is 0. The summed E-state index contributed by atoms with van der Waals surface area (Å²) in [7, 11) is -3.69. The summed E-state index contributed by atoms with van der Waals surface area (Å²) < 4.78 is 36.0. The second kappa shape index (κ2) is 7.49. The number of sulfone groups is 1. The second-order valence-electron chi connectivity index (χ2n) is 8.49. The van der Waals surface area contributed by atoms with E-state index in [0.29, 0.717) is 11.4 Å². The molecule has 1 aliphatic rings. The summed E-state index contributed by atoms with van der Waals surface area (Å²) in [5, 5.41) is 0.693. The van der Waals surface area contributed by atoms with Crippen molar-refractivity contribution < 1.29 is 17.7 Å². The summed E-state index contributed by atoms with van der Waals surface area (Å²) in [5.74, 6) is -0.0132. The van der Waals surface area contributed by atoms with Crippen LogP contribution in [0.3, 0.4) is 0 Å². The maximum absolute atomic E-state index is 11.8. The highest BCUT2D eigenvalue weighted by atomic mass is 35.5. The van der Waals surface area contributed by atoms with E-state index in [-0.39, 0.29) is 5.75 Å². The van der Waals surface area contributed by atoms with E-state index in [4.69, 9.17) is 20.9 Å². The van der Waals surface area contributed by atoms with E-state index in [0.717, 1.165) is 22.2 Å². The largest absolute Gasteiger partial charge is 0.495 e. The Hall–Kier alpha value is -1.34. The Morgan fingerprint density at radius 2 is 1.46 bits per heavy atom. The highest BCUT2D eigenvalue weighted by Gasteiger charge is 2.52. The first-order valence-electron chi connectivity index (χ1n) is 9.26. The molecule has 1 fully saturated rings. The molecule has 0 aromatic heterocycles. The first-order chi connectivity index (χ1) is 12.9. The van der Waals surface area contributed by atoms with Crippen LogP contribution in [0.2, 0.25) is 5.02 Å². The molecule has 1 aliphatic heterocycles. The van der Waals surface area contributed by atoms with Crippen LogP contribution in [0.1, 0.15) is 44.4 Å². The molecule has 0 amide bonds. The summed E-state index contributed by atoms with van der Waals surface area (Å²) >= 11 is 6.00. The first-order valence-corrected chi connectivity index (χ1v) is 11.7. The molecule has 0 spiro atoms. The molecule has 0 radical (unpaired) electrons. The molecule has 0 bridgehead atoms. The molecular weight excluding hydrogens is 395 g/mol. The first kappa shape index (κ1) is 21.4. The lowest BCUT2D eigenvalue weighted by Gasteiger charge is -2.32. The summed E-state index contributed by atoms with van der Waals surface area (Å²) in [5.41, 5.74) is 2.81. The quantitative estimate of drug-likeness (QED) is 0.691. The predicted molar refractivity (Wildman–Crippen MR) is 115 cm³/mol. The Kier molecular flexibility index (Phi) is 5.72. The van der Waals surface area contributed by atoms with Crippen LogP contribution in [0, 0.1) is 0 Å². The fraction of sp³-hybridized carbons (Fsp3) is 0.429. The lowest BCUT2D eigenvalue weighted by Crippen LogP contribution is -2.41. The van der Waals surface area contributed by atoms with Crippen molar-refractivity contribution in [1.29, 1.82) is 0 Å². The summed E-state index contributed by atoms with van der Waals surface area (Å²) in [6.45, 7) is 8.02. The van der Waals surface area contributed by atoms with E-state index in [1.807, 2.05) is 70.2 Å². The van der Waals surface area contributed by atoms with Crippen molar-refractivity contribution >= 4 is 34.0 Å². The minimum atomic E-state index is -3.14. The summed E-state index contributed by atoms with van der Waals surface area (Å²) in [4.78, 5) is 0. The molecule has 0 saturated carbocycles. The van der Waals surface area contributed by atoms with Gasteiger partial charge in [0.2, 0.25) is 0 Å². The van der Waals surface area contributed by atoms with Gasteiger partial charge in [0, 0.05) is 11.3 Å². The molecule has 2 aromatic carbocycles. The fourth-order valence-electron chi connectivity index (χ4n) is 3.21. The van der Waals surface area contributed by atoms with E-state index < -0.39 is 28.2 Å². The smallest absolute Gasteiger partial charge is 0.399 e. The number of benzene rings is 2. The second-order valence-corrected chi connectivity index (χ2v) is 11.1. The number of hydrogen-bond acceptors (Lipinski definition) is 4. The highest BCUT2D eigenvalue weighted by molar-refractivity contribution is 7.89. The Morgan fingerprint density at radius 3 is 2.00 bits per heavy atom. The molecule has 1 saturated heterocycles. The maximum Gasteiger partial charge on any atom is 0.495 e. The van der Waals surface area contributed by atoms with Gasteiger partial charge in [-0.3, -0.25) is 0 Å². The van der Waals surface area contributed by atoms with Crippen molar-refractivity contribution in [1.82, 2.24) is 0 Å². The third-order valence-corrected chi connectivity index (χ3v) is 6.56. The SMILES string of the molecule is CC1(C)OB(c2cc(CS(C)(=O)=O)ccc2Cc2ccc(Cl)cc2)OC1(C)C. The predicted octanol–water partition coefficient (Wildman–Crippen LogP) is 3.77. The molecule has 4 nitrogen and oxygen atoms in total. The lowest BCUT2D eigenvalue weighted by atomic mass is 9.74. The molecule has 3 rings (SSSR count). The number of rotatable bonds is 5. The van der Waals surface area contributed by atoms with E-state index in [1.54, 1.807) is 0 Å². The average molecular weight is 421 g/mol. The highest BCUT2D eigenvalue weighted by Crippen LogP contribution is 2.37. The summed E-state index contributed by atoms with van der Waals surface area (Å²) in [6.07, 6.45) is 1.92. The molecule has 0 aliphatic carbocycles. The minimum absolute atomic E-state index is 0.0132. The van der Waals surface area contributed by atoms with Gasteiger partial charge in [0.25, 0.3) is 0 Å². The van der Waals surface area contributed by atoms with Crippen LogP contribution in [0.15, 0.2) is 42.5 Å². The average Bonchev–Trinajstić information content (AvgIpc) is 2.77. The van der Waals surface area contributed by atoms with Crippen molar-refractivity contribution in [3.8, 4) is 0 Å².